The first kappa shape index (κ1) is 13.1. The molecular formula is C14H24N4. The van der Waals surface area contributed by atoms with Crippen molar-refractivity contribution in [2.75, 3.05) is 17.7 Å². The highest BCUT2D eigenvalue weighted by atomic mass is 15.1. The summed E-state index contributed by atoms with van der Waals surface area (Å²) in [6.07, 6.45) is 5.45. The van der Waals surface area contributed by atoms with Crippen molar-refractivity contribution in [1.82, 2.24) is 9.97 Å². The van der Waals surface area contributed by atoms with Crippen molar-refractivity contribution in [2.45, 2.75) is 46.1 Å². The molecule has 1 aromatic heterocycles. The van der Waals surface area contributed by atoms with Gasteiger partial charge in [-0.1, -0.05) is 13.8 Å². The van der Waals surface area contributed by atoms with Gasteiger partial charge in [0.05, 0.1) is 0 Å². The molecule has 0 spiro atoms. The summed E-state index contributed by atoms with van der Waals surface area (Å²) in [5, 5.41) is 6.69. The molecule has 0 aromatic carbocycles. The highest BCUT2D eigenvalue weighted by Gasteiger charge is 2.24. The Kier molecular flexibility index (Phi) is 4.04. The highest BCUT2D eigenvalue weighted by Crippen LogP contribution is 2.31. The van der Waals surface area contributed by atoms with Gasteiger partial charge in [0.1, 0.15) is 18.0 Å². The van der Waals surface area contributed by atoms with Gasteiger partial charge in [0.2, 0.25) is 0 Å². The molecule has 2 N–H and O–H groups in total. The maximum atomic E-state index is 4.37. The Morgan fingerprint density at radius 3 is 2.28 bits per heavy atom. The lowest BCUT2D eigenvalue weighted by Gasteiger charge is -2.32. The summed E-state index contributed by atoms with van der Waals surface area (Å²) < 4.78 is 0. The van der Waals surface area contributed by atoms with Crippen molar-refractivity contribution in [3.05, 3.63) is 11.9 Å². The molecule has 2 unspecified atom stereocenters. The number of anilines is 2. The van der Waals surface area contributed by atoms with Gasteiger partial charge < -0.3 is 10.6 Å². The molecule has 2 atom stereocenters. The molecule has 1 saturated carbocycles. The van der Waals surface area contributed by atoms with Gasteiger partial charge in [-0.05, 0) is 38.0 Å². The van der Waals surface area contributed by atoms with Crippen LogP contribution in [0.1, 0.15) is 38.7 Å². The summed E-state index contributed by atoms with van der Waals surface area (Å²) in [6.45, 7) is 6.75. The Morgan fingerprint density at radius 1 is 1.06 bits per heavy atom. The van der Waals surface area contributed by atoms with Gasteiger partial charge in [-0.3, -0.25) is 0 Å². The van der Waals surface area contributed by atoms with Gasteiger partial charge in [0.15, 0.2) is 0 Å². The van der Waals surface area contributed by atoms with Crippen LogP contribution in [0.4, 0.5) is 11.6 Å². The van der Waals surface area contributed by atoms with Crippen LogP contribution in [-0.2, 0) is 0 Å². The first-order valence-electron chi connectivity index (χ1n) is 6.86. The van der Waals surface area contributed by atoms with Gasteiger partial charge in [0.25, 0.3) is 0 Å². The molecule has 0 bridgehead atoms. The molecule has 1 aromatic rings. The second-order valence-corrected chi connectivity index (χ2v) is 5.70. The average molecular weight is 248 g/mol. The fourth-order valence-electron chi connectivity index (χ4n) is 3.11. The quantitative estimate of drug-likeness (QED) is 0.863. The molecule has 4 nitrogen and oxygen atoms in total. The van der Waals surface area contributed by atoms with E-state index in [-0.39, 0.29) is 0 Å². The first-order chi connectivity index (χ1) is 8.60. The molecule has 1 aliphatic carbocycles. The van der Waals surface area contributed by atoms with E-state index in [1.807, 2.05) is 7.05 Å². The van der Waals surface area contributed by atoms with Crippen LogP contribution in [0.15, 0.2) is 6.33 Å². The normalized spacial score (nSPS) is 27.9. The predicted octanol–water partition coefficient (Wildman–Crippen LogP) is 3.06. The maximum Gasteiger partial charge on any atom is 0.134 e. The summed E-state index contributed by atoms with van der Waals surface area (Å²) in [6, 6.07) is 0.544. The van der Waals surface area contributed by atoms with Gasteiger partial charge in [-0.25, -0.2) is 9.97 Å². The number of nitrogens with one attached hydrogen (secondary N) is 2. The lowest BCUT2D eigenvalue weighted by atomic mass is 9.80. The van der Waals surface area contributed by atoms with Crippen molar-refractivity contribution in [2.24, 2.45) is 11.8 Å². The van der Waals surface area contributed by atoms with Crippen LogP contribution in [0.2, 0.25) is 0 Å². The number of aromatic nitrogens is 2. The van der Waals surface area contributed by atoms with Crippen molar-refractivity contribution >= 4 is 11.6 Å². The van der Waals surface area contributed by atoms with E-state index in [4.69, 9.17) is 0 Å². The Hall–Kier alpha value is -1.32. The summed E-state index contributed by atoms with van der Waals surface area (Å²) in [5.74, 6) is 3.49. The number of rotatable bonds is 3. The van der Waals surface area contributed by atoms with E-state index in [1.54, 1.807) is 6.33 Å². The minimum Gasteiger partial charge on any atom is -0.373 e. The molecule has 1 heterocycles. The number of nitrogens with zero attached hydrogens (tertiary/aromatic N) is 2. The van der Waals surface area contributed by atoms with Crippen LogP contribution in [0, 0.1) is 18.8 Å². The van der Waals surface area contributed by atoms with E-state index >= 15 is 0 Å². The monoisotopic (exact) mass is 248 g/mol. The molecule has 1 fully saturated rings. The molecule has 0 saturated heterocycles. The van der Waals surface area contributed by atoms with E-state index < -0.39 is 0 Å². The molecule has 1 aliphatic rings. The minimum atomic E-state index is 0.544. The molecule has 0 radical (unpaired) electrons. The lowest BCUT2D eigenvalue weighted by Crippen LogP contribution is -2.30. The smallest absolute Gasteiger partial charge is 0.134 e. The topological polar surface area (TPSA) is 49.8 Å². The number of hydrogen-bond acceptors (Lipinski definition) is 4. The third-order valence-corrected chi connectivity index (χ3v) is 3.84. The predicted molar refractivity (Wildman–Crippen MR) is 75.9 cm³/mol. The van der Waals surface area contributed by atoms with Crippen molar-refractivity contribution in [3.63, 3.8) is 0 Å². The molecule has 4 heteroatoms. The van der Waals surface area contributed by atoms with E-state index in [2.05, 4.69) is 41.4 Å². The highest BCUT2D eigenvalue weighted by molar-refractivity contribution is 5.56. The third kappa shape index (κ3) is 2.92. The standard InChI is InChI=1S/C14H24N4/c1-9-5-10(2)7-12(6-9)18-14-11(3)13(15-4)16-8-17-14/h8-10,12H,5-7H2,1-4H3,(H2,15,16,17,18). The van der Waals surface area contributed by atoms with Gasteiger partial charge >= 0.3 is 0 Å². The average Bonchev–Trinajstić information content (AvgIpc) is 2.30. The summed E-state index contributed by atoms with van der Waals surface area (Å²) in [5.41, 5.74) is 1.10. The first-order valence-corrected chi connectivity index (χ1v) is 6.86. The minimum absolute atomic E-state index is 0.544. The maximum absolute atomic E-state index is 4.37. The lowest BCUT2D eigenvalue weighted by molar-refractivity contribution is 0.280. The Bertz CT molecular complexity index is 395. The largest absolute Gasteiger partial charge is 0.373 e. The van der Waals surface area contributed by atoms with Crippen molar-refractivity contribution in [3.8, 4) is 0 Å². The second-order valence-electron chi connectivity index (χ2n) is 5.70. The molecule has 0 aliphatic heterocycles. The van der Waals surface area contributed by atoms with Crippen molar-refractivity contribution in [1.29, 1.82) is 0 Å². The van der Waals surface area contributed by atoms with Gasteiger partial charge in [0, 0.05) is 18.7 Å². The molecule has 2 rings (SSSR count). The van der Waals surface area contributed by atoms with Crippen LogP contribution in [-0.4, -0.2) is 23.1 Å². The fraction of sp³-hybridized carbons (Fsp3) is 0.714. The molecule has 0 amide bonds. The van der Waals surface area contributed by atoms with Crippen molar-refractivity contribution < 1.29 is 0 Å². The Balaban J connectivity index is 2.09. The van der Waals surface area contributed by atoms with E-state index in [9.17, 15) is 0 Å². The van der Waals surface area contributed by atoms with Crippen LogP contribution in [0.5, 0.6) is 0 Å². The third-order valence-electron chi connectivity index (χ3n) is 3.84. The fourth-order valence-corrected chi connectivity index (χ4v) is 3.11. The zero-order valence-electron chi connectivity index (χ0n) is 11.8. The molecule has 18 heavy (non-hydrogen) atoms. The second kappa shape index (κ2) is 5.55. The number of hydrogen-bond donors (Lipinski definition) is 2. The van der Waals surface area contributed by atoms with Crippen LogP contribution < -0.4 is 10.6 Å². The Labute approximate surface area is 110 Å². The van der Waals surface area contributed by atoms with Gasteiger partial charge in [-0.15, -0.1) is 0 Å². The van der Waals surface area contributed by atoms with E-state index in [1.165, 1.54) is 19.3 Å². The SMILES string of the molecule is CNc1ncnc(NC2CC(C)CC(C)C2)c1C. The zero-order valence-corrected chi connectivity index (χ0v) is 11.8. The van der Waals surface area contributed by atoms with E-state index in [0.29, 0.717) is 6.04 Å². The van der Waals surface area contributed by atoms with Crippen LogP contribution >= 0.6 is 0 Å². The molecule has 100 valence electrons. The van der Waals surface area contributed by atoms with E-state index in [0.717, 1.165) is 29.0 Å². The summed E-state index contributed by atoms with van der Waals surface area (Å²) in [4.78, 5) is 8.59. The van der Waals surface area contributed by atoms with Crippen LogP contribution in [0.25, 0.3) is 0 Å². The summed E-state index contributed by atoms with van der Waals surface area (Å²) >= 11 is 0. The molecular weight excluding hydrogens is 224 g/mol. The van der Waals surface area contributed by atoms with Crippen LogP contribution in [0.3, 0.4) is 0 Å². The van der Waals surface area contributed by atoms with Gasteiger partial charge in [-0.2, -0.15) is 0 Å². The zero-order chi connectivity index (χ0) is 13.1. The Morgan fingerprint density at radius 2 is 1.67 bits per heavy atom. The summed E-state index contributed by atoms with van der Waals surface area (Å²) in [7, 11) is 1.89.